The standard InChI is InChI=1S/C11H14N2O3/c1-3-4-6-10(15)12-7-5-8-13(12)11(16)9(2)14/h1H,4-8H2,2H3. The van der Waals surface area contributed by atoms with Gasteiger partial charge >= 0.3 is 5.91 Å². The number of hydrazine groups is 1. The van der Waals surface area contributed by atoms with Gasteiger partial charge in [-0.25, -0.2) is 5.01 Å². The van der Waals surface area contributed by atoms with Gasteiger partial charge in [0, 0.05) is 32.9 Å². The first-order valence-electron chi connectivity index (χ1n) is 5.14. The predicted octanol–water partition coefficient (Wildman–Crippen LogP) is -0.0353. The Morgan fingerprint density at radius 2 is 1.88 bits per heavy atom. The molecule has 5 heteroatoms. The van der Waals surface area contributed by atoms with Crippen LogP contribution in [0.5, 0.6) is 0 Å². The fourth-order valence-electron chi connectivity index (χ4n) is 1.57. The minimum Gasteiger partial charge on any atom is -0.289 e. The van der Waals surface area contributed by atoms with E-state index in [0.717, 1.165) is 0 Å². The van der Waals surface area contributed by atoms with Crippen LogP contribution in [0.1, 0.15) is 26.2 Å². The van der Waals surface area contributed by atoms with Crippen LogP contribution in [0.3, 0.4) is 0 Å². The zero-order valence-electron chi connectivity index (χ0n) is 9.23. The molecule has 86 valence electrons. The molecule has 1 aliphatic heterocycles. The van der Waals surface area contributed by atoms with Crippen LogP contribution < -0.4 is 0 Å². The van der Waals surface area contributed by atoms with Crippen molar-refractivity contribution in [3.05, 3.63) is 0 Å². The van der Waals surface area contributed by atoms with Crippen LogP contribution in [0.4, 0.5) is 0 Å². The highest BCUT2D eigenvalue weighted by atomic mass is 16.2. The summed E-state index contributed by atoms with van der Waals surface area (Å²) in [6.07, 6.45) is 6.31. The van der Waals surface area contributed by atoms with E-state index in [1.165, 1.54) is 16.9 Å². The Balaban J connectivity index is 2.66. The Bertz CT molecular complexity index is 357. The molecule has 0 N–H and O–H groups in total. The molecule has 0 unspecified atom stereocenters. The summed E-state index contributed by atoms with van der Waals surface area (Å²) >= 11 is 0. The summed E-state index contributed by atoms with van der Waals surface area (Å²) in [5.74, 6) is 0.976. The summed E-state index contributed by atoms with van der Waals surface area (Å²) in [5.41, 5.74) is 0. The van der Waals surface area contributed by atoms with E-state index in [0.29, 0.717) is 25.9 Å². The van der Waals surface area contributed by atoms with Gasteiger partial charge in [0.15, 0.2) is 0 Å². The molecule has 0 aromatic heterocycles. The Morgan fingerprint density at radius 3 is 2.44 bits per heavy atom. The first-order chi connectivity index (χ1) is 7.57. The number of rotatable bonds is 3. The van der Waals surface area contributed by atoms with Crippen molar-refractivity contribution < 1.29 is 14.4 Å². The van der Waals surface area contributed by atoms with Gasteiger partial charge in [-0.1, -0.05) is 0 Å². The summed E-state index contributed by atoms with van der Waals surface area (Å²) in [7, 11) is 0. The average molecular weight is 222 g/mol. The molecule has 0 bridgehead atoms. The van der Waals surface area contributed by atoms with Crippen molar-refractivity contribution >= 4 is 17.6 Å². The summed E-state index contributed by atoms with van der Waals surface area (Å²) in [6.45, 7) is 2.09. The SMILES string of the molecule is C#CCCC(=O)N1CCCN1C(=O)C(C)=O. The second-order valence-electron chi connectivity index (χ2n) is 3.56. The van der Waals surface area contributed by atoms with Crippen molar-refractivity contribution in [1.82, 2.24) is 10.0 Å². The van der Waals surface area contributed by atoms with Crippen molar-refractivity contribution in [3.63, 3.8) is 0 Å². The lowest BCUT2D eigenvalue weighted by Gasteiger charge is -2.26. The number of hydrogen-bond donors (Lipinski definition) is 0. The number of Topliss-reactive ketones (excluding diaryl/α,β-unsaturated/α-hetero) is 1. The van der Waals surface area contributed by atoms with E-state index in [4.69, 9.17) is 6.42 Å². The van der Waals surface area contributed by atoms with Crippen LogP contribution in [0, 0.1) is 12.3 Å². The Labute approximate surface area is 94.4 Å². The highest BCUT2D eigenvalue weighted by Crippen LogP contribution is 2.13. The van der Waals surface area contributed by atoms with Gasteiger partial charge in [-0.15, -0.1) is 12.3 Å². The third-order valence-corrected chi connectivity index (χ3v) is 2.34. The van der Waals surface area contributed by atoms with Gasteiger partial charge in [0.2, 0.25) is 11.7 Å². The van der Waals surface area contributed by atoms with Crippen LogP contribution in [-0.4, -0.2) is 40.7 Å². The van der Waals surface area contributed by atoms with Crippen LogP contribution in [-0.2, 0) is 14.4 Å². The third-order valence-electron chi connectivity index (χ3n) is 2.34. The van der Waals surface area contributed by atoms with Crippen molar-refractivity contribution in [2.24, 2.45) is 0 Å². The Morgan fingerprint density at radius 1 is 1.25 bits per heavy atom. The number of nitrogens with zero attached hydrogens (tertiary/aromatic N) is 2. The van der Waals surface area contributed by atoms with Gasteiger partial charge < -0.3 is 0 Å². The number of carbonyl (C=O) groups excluding carboxylic acids is 3. The minimum absolute atomic E-state index is 0.204. The fourth-order valence-corrected chi connectivity index (χ4v) is 1.57. The molecule has 1 heterocycles. The number of ketones is 1. The maximum atomic E-state index is 11.7. The normalized spacial score (nSPS) is 14.8. The molecule has 16 heavy (non-hydrogen) atoms. The van der Waals surface area contributed by atoms with E-state index in [-0.39, 0.29) is 12.3 Å². The second kappa shape index (κ2) is 5.31. The average Bonchev–Trinajstić information content (AvgIpc) is 2.73. The molecule has 0 aliphatic carbocycles. The summed E-state index contributed by atoms with van der Waals surface area (Å²) < 4.78 is 0. The van der Waals surface area contributed by atoms with Gasteiger partial charge in [-0.3, -0.25) is 19.4 Å². The molecule has 1 fully saturated rings. The van der Waals surface area contributed by atoms with E-state index in [2.05, 4.69) is 5.92 Å². The number of hydrogen-bond acceptors (Lipinski definition) is 3. The Kier molecular flexibility index (Phi) is 4.06. The lowest BCUT2D eigenvalue weighted by atomic mass is 10.3. The van der Waals surface area contributed by atoms with Gasteiger partial charge in [0.25, 0.3) is 0 Å². The lowest BCUT2D eigenvalue weighted by molar-refractivity contribution is -0.161. The van der Waals surface area contributed by atoms with E-state index >= 15 is 0 Å². The fraction of sp³-hybridized carbons (Fsp3) is 0.545. The highest BCUT2D eigenvalue weighted by molar-refractivity contribution is 6.35. The monoisotopic (exact) mass is 222 g/mol. The van der Waals surface area contributed by atoms with Crippen LogP contribution in [0.25, 0.3) is 0 Å². The second-order valence-corrected chi connectivity index (χ2v) is 3.56. The maximum absolute atomic E-state index is 11.7. The summed E-state index contributed by atoms with van der Waals surface area (Å²) in [6, 6.07) is 0. The first kappa shape index (κ1) is 12.2. The van der Waals surface area contributed by atoms with Crippen molar-refractivity contribution in [3.8, 4) is 12.3 Å². The van der Waals surface area contributed by atoms with E-state index in [1.807, 2.05) is 0 Å². The van der Waals surface area contributed by atoms with E-state index < -0.39 is 11.7 Å². The Hall–Kier alpha value is -1.83. The van der Waals surface area contributed by atoms with Crippen molar-refractivity contribution in [1.29, 1.82) is 0 Å². The van der Waals surface area contributed by atoms with Crippen molar-refractivity contribution in [2.45, 2.75) is 26.2 Å². The van der Waals surface area contributed by atoms with E-state index in [9.17, 15) is 14.4 Å². The molecule has 0 aromatic rings. The lowest BCUT2D eigenvalue weighted by Crippen LogP contribution is -2.46. The molecular weight excluding hydrogens is 208 g/mol. The van der Waals surface area contributed by atoms with Gasteiger partial charge in [-0.05, 0) is 6.42 Å². The maximum Gasteiger partial charge on any atom is 0.308 e. The molecule has 0 radical (unpaired) electrons. The number of carbonyl (C=O) groups is 3. The van der Waals surface area contributed by atoms with Crippen LogP contribution in [0.15, 0.2) is 0 Å². The van der Waals surface area contributed by atoms with Gasteiger partial charge in [-0.2, -0.15) is 0 Å². The molecule has 0 aromatic carbocycles. The quantitative estimate of drug-likeness (QED) is 0.497. The van der Waals surface area contributed by atoms with Gasteiger partial charge in [0.1, 0.15) is 0 Å². The largest absolute Gasteiger partial charge is 0.308 e. The third kappa shape index (κ3) is 2.60. The molecule has 1 aliphatic rings. The molecular formula is C11H14N2O3. The van der Waals surface area contributed by atoms with Crippen LogP contribution in [0.2, 0.25) is 0 Å². The predicted molar refractivity (Wildman–Crippen MR) is 56.8 cm³/mol. The summed E-state index contributed by atoms with van der Waals surface area (Å²) in [5, 5.41) is 2.53. The van der Waals surface area contributed by atoms with Gasteiger partial charge in [0.05, 0.1) is 0 Å². The van der Waals surface area contributed by atoms with Crippen molar-refractivity contribution in [2.75, 3.05) is 13.1 Å². The molecule has 0 spiro atoms. The highest BCUT2D eigenvalue weighted by Gasteiger charge is 2.31. The molecule has 1 rings (SSSR count). The van der Waals surface area contributed by atoms with Crippen LogP contribution >= 0.6 is 0 Å². The number of terminal acetylenes is 1. The number of amides is 2. The molecule has 2 amide bonds. The zero-order valence-corrected chi connectivity index (χ0v) is 9.23. The molecule has 5 nitrogen and oxygen atoms in total. The topological polar surface area (TPSA) is 57.7 Å². The first-order valence-corrected chi connectivity index (χ1v) is 5.14. The summed E-state index contributed by atoms with van der Waals surface area (Å²) in [4.78, 5) is 34.1. The smallest absolute Gasteiger partial charge is 0.289 e. The minimum atomic E-state index is -0.633. The molecule has 1 saturated heterocycles. The molecule has 0 saturated carbocycles. The zero-order chi connectivity index (χ0) is 12.1. The molecule has 0 atom stereocenters. The van der Waals surface area contributed by atoms with E-state index in [1.54, 1.807) is 0 Å².